The number of hydrogen-bond acceptors (Lipinski definition) is 4. The van der Waals surface area contributed by atoms with Crippen molar-refractivity contribution < 1.29 is 18.0 Å². The molecule has 0 saturated heterocycles. The van der Waals surface area contributed by atoms with Crippen LogP contribution in [0, 0.1) is 6.92 Å². The monoisotopic (exact) mass is 603 g/mol. The minimum absolute atomic E-state index is 0.0214. The highest BCUT2D eigenvalue weighted by Gasteiger charge is 2.34. The average molecular weight is 605 g/mol. The summed E-state index contributed by atoms with van der Waals surface area (Å²) >= 11 is 12.5. The SMILES string of the molecule is CC[C@@H](C(=O)NC(C)(C)C)N(Cc1ccccc1Cl)C(=O)CN(c1ccc(Cl)cc1)S(=O)(=O)c1ccc(C)cc1. The largest absolute Gasteiger partial charge is 0.350 e. The molecule has 3 aromatic rings. The number of anilines is 1. The van der Waals surface area contributed by atoms with E-state index in [1.807, 2.05) is 27.7 Å². The van der Waals surface area contributed by atoms with Gasteiger partial charge in [0.2, 0.25) is 11.8 Å². The molecule has 3 rings (SSSR count). The second kappa shape index (κ2) is 13.1. The average Bonchev–Trinajstić information content (AvgIpc) is 2.88. The van der Waals surface area contributed by atoms with E-state index in [4.69, 9.17) is 23.2 Å². The predicted molar refractivity (Wildman–Crippen MR) is 161 cm³/mol. The van der Waals surface area contributed by atoms with Crippen LogP contribution < -0.4 is 9.62 Å². The van der Waals surface area contributed by atoms with Crippen LogP contribution in [0.5, 0.6) is 0 Å². The van der Waals surface area contributed by atoms with Gasteiger partial charge >= 0.3 is 0 Å². The Hall–Kier alpha value is -3.07. The molecule has 0 unspecified atom stereocenters. The number of carbonyl (C=O) groups excluding carboxylic acids is 2. The summed E-state index contributed by atoms with van der Waals surface area (Å²) in [6, 6.07) is 18.8. The molecular formula is C30H35Cl2N3O4S. The standard InChI is InChI=1S/C30H35Cl2N3O4S/c1-6-27(29(37)33-30(3,4)5)34(19-22-9-7-8-10-26(22)32)28(36)20-35(24-15-13-23(31)14-16-24)40(38,39)25-17-11-21(2)12-18-25/h7-18,27H,6,19-20H2,1-5H3,(H,33,37)/t27-/m0/s1. The lowest BCUT2D eigenvalue weighted by Crippen LogP contribution is -2.55. The Balaban J connectivity index is 2.08. The lowest BCUT2D eigenvalue weighted by Gasteiger charge is -2.35. The van der Waals surface area contributed by atoms with Crippen LogP contribution in [0.15, 0.2) is 77.7 Å². The Morgan fingerprint density at radius 3 is 2.08 bits per heavy atom. The fraction of sp³-hybridized carbons (Fsp3) is 0.333. The second-order valence-electron chi connectivity index (χ2n) is 10.6. The van der Waals surface area contributed by atoms with Gasteiger partial charge in [-0.25, -0.2) is 8.42 Å². The van der Waals surface area contributed by atoms with E-state index in [0.29, 0.717) is 22.0 Å². The van der Waals surface area contributed by atoms with Crippen molar-refractivity contribution >= 4 is 50.7 Å². The van der Waals surface area contributed by atoms with Crippen LogP contribution in [-0.2, 0) is 26.2 Å². The summed E-state index contributed by atoms with van der Waals surface area (Å²) in [7, 11) is -4.16. The van der Waals surface area contributed by atoms with Crippen molar-refractivity contribution in [3.05, 3.63) is 94.0 Å². The van der Waals surface area contributed by atoms with Gasteiger partial charge < -0.3 is 10.2 Å². The van der Waals surface area contributed by atoms with Crippen LogP contribution in [0.1, 0.15) is 45.2 Å². The first-order chi connectivity index (χ1) is 18.7. The zero-order chi connectivity index (χ0) is 29.7. The molecule has 2 amide bonds. The Morgan fingerprint density at radius 1 is 0.925 bits per heavy atom. The molecule has 0 saturated carbocycles. The molecule has 1 N–H and O–H groups in total. The molecule has 1 atom stereocenters. The topological polar surface area (TPSA) is 86.8 Å². The van der Waals surface area contributed by atoms with Crippen LogP contribution in [-0.4, -0.2) is 43.3 Å². The third-order valence-corrected chi connectivity index (χ3v) is 8.59. The van der Waals surface area contributed by atoms with Gasteiger partial charge in [-0.3, -0.25) is 13.9 Å². The fourth-order valence-electron chi connectivity index (χ4n) is 4.16. The van der Waals surface area contributed by atoms with E-state index < -0.39 is 34.1 Å². The lowest BCUT2D eigenvalue weighted by molar-refractivity contribution is -0.141. The summed E-state index contributed by atoms with van der Waals surface area (Å²) in [6.07, 6.45) is 0.309. The van der Waals surface area contributed by atoms with Gasteiger partial charge in [0.1, 0.15) is 12.6 Å². The van der Waals surface area contributed by atoms with E-state index >= 15 is 0 Å². The summed E-state index contributed by atoms with van der Waals surface area (Å²) in [6.45, 7) is 8.71. The van der Waals surface area contributed by atoms with Crippen LogP contribution in [0.2, 0.25) is 10.0 Å². The molecule has 0 fully saturated rings. The summed E-state index contributed by atoms with van der Waals surface area (Å²) in [5.74, 6) is -0.892. The first kappa shape index (κ1) is 31.5. The molecular weight excluding hydrogens is 569 g/mol. The number of amides is 2. The number of sulfonamides is 1. The quantitative estimate of drug-likeness (QED) is 0.298. The molecule has 10 heteroatoms. The van der Waals surface area contributed by atoms with Crippen molar-refractivity contribution in [2.24, 2.45) is 0 Å². The summed E-state index contributed by atoms with van der Waals surface area (Å²) in [5, 5.41) is 3.81. The van der Waals surface area contributed by atoms with E-state index in [-0.39, 0.29) is 23.0 Å². The maximum absolute atomic E-state index is 14.1. The normalized spacial score (nSPS) is 12.5. The number of hydrogen-bond donors (Lipinski definition) is 1. The van der Waals surface area contributed by atoms with E-state index in [1.165, 1.54) is 17.0 Å². The molecule has 0 radical (unpaired) electrons. The zero-order valence-corrected chi connectivity index (χ0v) is 25.6. The molecule has 3 aromatic carbocycles. The lowest BCUT2D eigenvalue weighted by atomic mass is 10.1. The number of benzene rings is 3. The van der Waals surface area contributed by atoms with Crippen molar-refractivity contribution in [1.29, 1.82) is 0 Å². The maximum Gasteiger partial charge on any atom is 0.264 e. The Bertz CT molecular complexity index is 1440. The fourth-order valence-corrected chi connectivity index (χ4v) is 5.89. The highest BCUT2D eigenvalue weighted by Crippen LogP contribution is 2.27. The Morgan fingerprint density at radius 2 is 1.52 bits per heavy atom. The van der Waals surface area contributed by atoms with Gasteiger partial charge in [0.25, 0.3) is 10.0 Å². The van der Waals surface area contributed by atoms with Crippen LogP contribution >= 0.6 is 23.2 Å². The number of nitrogens with one attached hydrogen (secondary N) is 1. The zero-order valence-electron chi connectivity index (χ0n) is 23.3. The number of nitrogens with zero attached hydrogens (tertiary/aromatic N) is 2. The van der Waals surface area contributed by atoms with E-state index in [0.717, 1.165) is 9.87 Å². The first-order valence-corrected chi connectivity index (χ1v) is 15.1. The second-order valence-corrected chi connectivity index (χ2v) is 13.3. The van der Waals surface area contributed by atoms with Gasteiger partial charge in [0.05, 0.1) is 10.6 Å². The van der Waals surface area contributed by atoms with Crippen molar-refractivity contribution in [1.82, 2.24) is 10.2 Å². The van der Waals surface area contributed by atoms with Gasteiger partial charge in [-0.1, -0.05) is 66.0 Å². The highest BCUT2D eigenvalue weighted by atomic mass is 35.5. The van der Waals surface area contributed by atoms with Gasteiger partial charge in [-0.05, 0) is 82.1 Å². The minimum Gasteiger partial charge on any atom is -0.350 e. The third kappa shape index (κ3) is 7.99. The summed E-state index contributed by atoms with van der Waals surface area (Å²) in [4.78, 5) is 28.9. The molecule has 0 bridgehead atoms. The van der Waals surface area contributed by atoms with Gasteiger partial charge in [0, 0.05) is 22.1 Å². The molecule has 0 aromatic heterocycles. The molecule has 0 spiro atoms. The molecule has 7 nitrogen and oxygen atoms in total. The smallest absolute Gasteiger partial charge is 0.264 e. The third-order valence-electron chi connectivity index (χ3n) is 6.19. The molecule has 0 heterocycles. The van der Waals surface area contributed by atoms with E-state index in [9.17, 15) is 18.0 Å². The molecule has 0 aliphatic carbocycles. The number of halogens is 2. The maximum atomic E-state index is 14.1. The van der Waals surface area contributed by atoms with Crippen molar-refractivity contribution in [2.75, 3.05) is 10.8 Å². The first-order valence-electron chi connectivity index (χ1n) is 12.9. The Labute approximate surface area is 247 Å². The Kier molecular flexibility index (Phi) is 10.3. The van der Waals surface area contributed by atoms with Crippen molar-refractivity contribution in [2.45, 2.75) is 64.1 Å². The van der Waals surface area contributed by atoms with Crippen LogP contribution in [0.25, 0.3) is 0 Å². The molecule has 0 aliphatic rings. The van der Waals surface area contributed by atoms with Crippen molar-refractivity contribution in [3.8, 4) is 0 Å². The number of carbonyl (C=O) groups is 2. The number of rotatable bonds is 10. The minimum atomic E-state index is -4.16. The summed E-state index contributed by atoms with van der Waals surface area (Å²) in [5.41, 5.74) is 1.27. The van der Waals surface area contributed by atoms with E-state index in [1.54, 1.807) is 67.6 Å². The molecule has 40 heavy (non-hydrogen) atoms. The van der Waals surface area contributed by atoms with Crippen LogP contribution in [0.3, 0.4) is 0 Å². The van der Waals surface area contributed by atoms with E-state index in [2.05, 4.69) is 5.32 Å². The molecule has 214 valence electrons. The molecule has 0 aliphatic heterocycles. The van der Waals surface area contributed by atoms with Crippen molar-refractivity contribution in [3.63, 3.8) is 0 Å². The number of aryl methyl sites for hydroxylation is 1. The van der Waals surface area contributed by atoms with Gasteiger partial charge in [-0.15, -0.1) is 0 Å². The van der Waals surface area contributed by atoms with Crippen LogP contribution in [0.4, 0.5) is 5.69 Å². The van der Waals surface area contributed by atoms with Gasteiger partial charge in [-0.2, -0.15) is 0 Å². The summed E-state index contributed by atoms with van der Waals surface area (Å²) < 4.78 is 28.8. The highest BCUT2D eigenvalue weighted by molar-refractivity contribution is 7.92. The predicted octanol–water partition coefficient (Wildman–Crippen LogP) is 6.22. The van der Waals surface area contributed by atoms with Gasteiger partial charge in [0.15, 0.2) is 0 Å².